The van der Waals surface area contributed by atoms with Crippen LogP contribution < -0.4 is 15.5 Å². The van der Waals surface area contributed by atoms with Crippen molar-refractivity contribution in [1.29, 1.82) is 0 Å². The Morgan fingerprint density at radius 3 is 2.94 bits per heavy atom. The summed E-state index contributed by atoms with van der Waals surface area (Å²) in [6.45, 7) is 3.61. The number of imidazole rings is 1. The molecule has 0 radical (unpaired) electrons. The second kappa shape index (κ2) is 7.59. The molecule has 0 saturated carbocycles. The summed E-state index contributed by atoms with van der Waals surface area (Å²) in [5.41, 5.74) is 3.19. The van der Waals surface area contributed by atoms with Crippen molar-refractivity contribution in [3.63, 3.8) is 0 Å². The standard InChI is InChI=1S/C22H22FN7O/c1-13-10-30-12-15(9-18(23)21(30)26-13)27-22(31)17-3-4-19(16-5-7-25-28-20(16)17)29-8-6-14(11-29)24-2/h3-5,7,9-10,12,14,24H,6,8,11H2,1-2H3,(H,27,31). The lowest BCUT2D eigenvalue weighted by Crippen LogP contribution is -2.29. The molecule has 1 atom stereocenters. The molecule has 4 aromatic rings. The highest BCUT2D eigenvalue weighted by molar-refractivity contribution is 6.13. The first-order valence-electron chi connectivity index (χ1n) is 10.2. The first-order chi connectivity index (χ1) is 15.0. The summed E-state index contributed by atoms with van der Waals surface area (Å²) in [6, 6.07) is 7.28. The number of hydrogen-bond donors (Lipinski definition) is 2. The molecule has 8 nitrogen and oxygen atoms in total. The van der Waals surface area contributed by atoms with E-state index in [9.17, 15) is 9.18 Å². The number of nitrogens with zero attached hydrogens (tertiary/aromatic N) is 5. The molecule has 1 fully saturated rings. The van der Waals surface area contributed by atoms with Crippen LogP contribution in [0.25, 0.3) is 16.6 Å². The van der Waals surface area contributed by atoms with Crippen molar-refractivity contribution in [2.24, 2.45) is 0 Å². The van der Waals surface area contributed by atoms with Crippen molar-refractivity contribution in [1.82, 2.24) is 24.9 Å². The summed E-state index contributed by atoms with van der Waals surface area (Å²) < 4.78 is 15.9. The van der Waals surface area contributed by atoms with Gasteiger partial charge in [-0.15, -0.1) is 5.10 Å². The Morgan fingerprint density at radius 1 is 1.26 bits per heavy atom. The molecule has 158 valence electrons. The SMILES string of the molecule is CNC1CCN(c2ccc(C(=O)Nc3cc(F)c4nc(C)cn4c3)c3nnccc23)C1. The van der Waals surface area contributed by atoms with Crippen LogP contribution in [0, 0.1) is 12.7 Å². The summed E-state index contributed by atoms with van der Waals surface area (Å²) in [6.07, 6.45) is 6.03. The van der Waals surface area contributed by atoms with Gasteiger partial charge < -0.3 is 19.9 Å². The first-order valence-corrected chi connectivity index (χ1v) is 10.2. The molecule has 5 rings (SSSR count). The summed E-state index contributed by atoms with van der Waals surface area (Å²) in [5.74, 6) is -0.874. The molecule has 2 N–H and O–H groups in total. The Bertz CT molecular complexity index is 1300. The number of fused-ring (bicyclic) bond motifs is 2. The normalized spacial score (nSPS) is 16.4. The van der Waals surface area contributed by atoms with E-state index in [0.29, 0.717) is 28.5 Å². The maximum Gasteiger partial charge on any atom is 0.257 e. The number of benzene rings is 1. The average molecular weight is 419 g/mol. The average Bonchev–Trinajstić information content (AvgIpc) is 3.39. The number of aryl methyl sites for hydroxylation is 1. The summed E-state index contributed by atoms with van der Waals surface area (Å²) in [4.78, 5) is 19.5. The molecule has 1 aromatic carbocycles. The van der Waals surface area contributed by atoms with Crippen molar-refractivity contribution in [3.05, 3.63) is 59.9 Å². The maximum absolute atomic E-state index is 14.4. The van der Waals surface area contributed by atoms with E-state index in [4.69, 9.17) is 0 Å². The van der Waals surface area contributed by atoms with Gasteiger partial charge in [0.15, 0.2) is 11.5 Å². The van der Waals surface area contributed by atoms with Gasteiger partial charge in [0.05, 0.1) is 23.1 Å². The molecule has 1 amide bonds. The lowest BCUT2D eigenvalue weighted by atomic mass is 10.1. The van der Waals surface area contributed by atoms with Crippen molar-refractivity contribution in [2.45, 2.75) is 19.4 Å². The zero-order chi connectivity index (χ0) is 21.5. The van der Waals surface area contributed by atoms with Crippen LogP contribution in [-0.4, -0.2) is 51.7 Å². The number of pyridine rings is 1. The van der Waals surface area contributed by atoms with Crippen LogP contribution >= 0.6 is 0 Å². The number of halogens is 1. The number of amides is 1. The van der Waals surface area contributed by atoms with Crippen LogP contribution in [0.1, 0.15) is 22.5 Å². The van der Waals surface area contributed by atoms with Crippen molar-refractivity contribution < 1.29 is 9.18 Å². The van der Waals surface area contributed by atoms with E-state index < -0.39 is 5.82 Å². The van der Waals surface area contributed by atoms with Crippen LogP contribution in [0.5, 0.6) is 0 Å². The largest absolute Gasteiger partial charge is 0.369 e. The third kappa shape index (κ3) is 3.46. The number of rotatable bonds is 4. The topological polar surface area (TPSA) is 87.5 Å². The Labute approximate surface area is 178 Å². The second-order valence-corrected chi connectivity index (χ2v) is 7.79. The molecule has 31 heavy (non-hydrogen) atoms. The van der Waals surface area contributed by atoms with Gasteiger partial charge in [0.1, 0.15) is 5.52 Å². The number of aromatic nitrogens is 4. The summed E-state index contributed by atoms with van der Waals surface area (Å²) in [5, 5.41) is 15.2. The van der Waals surface area contributed by atoms with Gasteiger partial charge in [-0.05, 0) is 38.6 Å². The van der Waals surface area contributed by atoms with E-state index in [1.54, 1.807) is 36.0 Å². The van der Waals surface area contributed by atoms with Crippen LogP contribution in [0.4, 0.5) is 15.8 Å². The van der Waals surface area contributed by atoms with E-state index in [2.05, 4.69) is 30.7 Å². The lowest BCUT2D eigenvalue weighted by molar-refractivity contribution is 0.102. The fourth-order valence-electron chi connectivity index (χ4n) is 4.19. The monoisotopic (exact) mass is 419 g/mol. The highest BCUT2D eigenvalue weighted by atomic mass is 19.1. The van der Waals surface area contributed by atoms with Crippen LogP contribution in [-0.2, 0) is 0 Å². The number of carbonyl (C=O) groups excluding carboxylic acids is 1. The highest BCUT2D eigenvalue weighted by Gasteiger charge is 2.24. The molecule has 0 spiro atoms. The molecular weight excluding hydrogens is 397 g/mol. The van der Waals surface area contributed by atoms with Crippen molar-refractivity contribution >= 4 is 33.8 Å². The quantitative estimate of drug-likeness (QED) is 0.529. The zero-order valence-electron chi connectivity index (χ0n) is 17.3. The Balaban J connectivity index is 1.49. The number of carbonyl (C=O) groups is 1. The molecule has 4 heterocycles. The van der Waals surface area contributed by atoms with Crippen LogP contribution in [0.15, 0.2) is 42.9 Å². The molecular formula is C22H22FN7O. The smallest absolute Gasteiger partial charge is 0.257 e. The zero-order valence-corrected chi connectivity index (χ0v) is 17.3. The van der Waals surface area contributed by atoms with E-state index in [0.717, 1.165) is 30.6 Å². The van der Waals surface area contributed by atoms with Gasteiger partial charge in [-0.2, -0.15) is 5.10 Å². The Kier molecular flexibility index (Phi) is 4.74. The minimum absolute atomic E-state index is 0.224. The molecule has 1 aliphatic rings. The van der Waals surface area contributed by atoms with Gasteiger partial charge in [-0.25, -0.2) is 9.37 Å². The van der Waals surface area contributed by atoms with E-state index in [1.807, 2.05) is 19.2 Å². The van der Waals surface area contributed by atoms with E-state index in [-0.39, 0.29) is 11.6 Å². The summed E-state index contributed by atoms with van der Waals surface area (Å²) >= 11 is 0. The Morgan fingerprint density at radius 2 is 2.13 bits per heavy atom. The fraction of sp³-hybridized carbons (Fsp3) is 0.273. The summed E-state index contributed by atoms with van der Waals surface area (Å²) in [7, 11) is 1.97. The molecule has 1 aliphatic heterocycles. The third-order valence-corrected chi connectivity index (χ3v) is 5.73. The number of anilines is 2. The molecule has 9 heteroatoms. The van der Waals surface area contributed by atoms with Crippen LogP contribution in [0.2, 0.25) is 0 Å². The predicted molar refractivity (Wildman–Crippen MR) is 117 cm³/mol. The minimum atomic E-state index is -0.501. The maximum atomic E-state index is 14.4. The third-order valence-electron chi connectivity index (χ3n) is 5.73. The molecule has 3 aromatic heterocycles. The lowest BCUT2D eigenvalue weighted by Gasteiger charge is -2.21. The van der Waals surface area contributed by atoms with Gasteiger partial charge in [0, 0.05) is 48.7 Å². The molecule has 0 aliphatic carbocycles. The van der Waals surface area contributed by atoms with Gasteiger partial charge >= 0.3 is 0 Å². The first kappa shape index (κ1) is 19.4. The molecule has 0 bridgehead atoms. The van der Waals surface area contributed by atoms with Gasteiger partial charge in [-0.3, -0.25) is 4.79 Å². The van der Waals surface area contributed by atoms with Crippen molar-refractivity contribution in [3.8, 4) is 0 Å². The molecule has 1 unspecified atom stereocenters. The number of hydrogen-bond acceptors (Lipinski definition) is 6. The fourth-order valence-corrected chi connectivity index (χ4v) is 4.19. The van der Waals surface area contributed by atoms with Gasteiger partial charge in [0.2, 0.25) is 0 Å². The second-order valence-electron chi connectivity index (χ2n) is 7.79. The minimum Gasteiger partial charge on any atom is -0.369 e. The molecule has 1 saturated heterocycles. The van der Waals surface area contributed by atoms with Gasteiger partial charge in [-0.1, -0.05) is 0 Å². The Hall–Kier alpha value is -3.59. The van der Waals surface area contributed by atoms with Gasteiger partial charge in [0.25, 0.3) is 5.91 Å². The van der Waals surface area contributed by atoms with E-state index >= 15 is 0 Å². The highest BCUT2D eigenvalue weighted by Crippen LogP contribution is 2.30. The number of nitrogens with one attached hydrogen (secondary N) is 2. The van der Waals surface area contributed by atoms with Crippen molar-refractivity contribution in [2.75, 3.05) is 30.4 Å². The predicted octanol–water partition coefficient (Wildman–Crippen LogP) is 2.78. The van der Waals surface area contributed by atoms with Crippen LogP contribution in [0.3, 0.4) is 0 Å². The number of likely N-dealkylation sites (N-methyl/N-ethyl adjacent to an activating group) is 1. The van der Waals surface area contributed by atoms with E-state index in [1.165, 1.54) is 6.07 Å².